The van der Waals surface area contributed by atoms with Gasteiger partial charge in [0, 0.05) is 38.3 Å². The van der Waals surface area contributed by atoms with Crippen molar-refractivity contribution in [2.24, 2.45) is 0 Å². The van der Waals surface area contributed by atoms with Crippen LogP contribution in [0.2, 0.25) is 0 Å². The van der Waals surface area contributed by atoms with E-state index < -0.39 is 28.4 Å². The summed E-state index contributed by atoms with van der Waals surface area (Å²) in [6, 6.07) is 7.72. The lowest BCUT2D eigenvalue weighted by atomic mass is 9.95. The second kappa shape index (κ2) is 8.70. The number of hydrogen-bond acceptors (Lipinski definition) is 8. The number of furan rings is 1. The highest BCUT2D eigenvalue weighted by atomic mass is 16.6. The van der Waals surface area contributed by atoms with E-state index >= 15 is 0 Å². The van der Waals surface area contributed by atoms with Crippen molar-refractivity contribution in [3.05, 3.63) is 75.4 Å². The lowest BCUT2D eigenvalue weighted by molar-refractivity contribution is -0.384. The molecule has 0 bridgehead atoms. The van der Waals surface area contributed by atoms with Crippen LogP contribution in [0.1, 0.15) is 22.2 Å². The molecule has 0 unspecified atom stereocenters. The van der Waals surface area contributed by atoms with E-state index in [0.29, 0.717) is 25.3 Å². The van der Waals surface area contributed by atoms with Crippen LogP contribution in [-0.4, -0.2) is 70.9 Å². The maximum atomic E-state index is 13.0. The minimum absolute atomic E-state index is 0.00343. The van der Waals surface area contributed by atoms with Crippen LogP contribution in [0.25, 0.3) is 0 Å². The van der Waals surface area contributed by atoms with Crippen molar-refractivity contribution in [1.29, 1.82) is 0 Å². The highest BCUT2D eigenvalue weighted by molar-refractivity contribution is 6.15. The maximum Gasteiger partial charge on any atom is 0.290 e. The van der Waals surface area contributed by atoms with E-state index in [9.17, 15) is 24.8 Å². The molecule has 10 nitrogen and oxygen atoms in total. The molecule has 1 N–H and O–H groups in total. The summed E-state index contributed by atoms with van der Waals surface area (Å²) in [6.45, 7) is 3.45. The molecular formula is C21H21N3O7. The molecule has 2 aliphatic heterocycles. The summed E-state index contributed by atoms with van der Waals surface area (Å²) >= 11 is 0. The SMILES string of the molecule is O=C(C1=C(O)C(=O)N(CCN2CCOCC2)[C@@H]1c1ccc([N+](=O)[O-])cc1)c1ccco1. The average molecular weight is 427 g/mol. The number of nitrogens with zero attached hydrogens (tertiary/aromatic N) is 3. The molecule has 1 fully saturated rings. The molecule has 1 aromatic heterocycles. The number of ketones is 1. The molecule has 1 aromatic carbocycles. The Balaban J connectivity index is 1.67. The number of non-ortho nitro benzene ring substituents is 1. The van der Waals surface area contributed by atoms with Crippen LogP contribution in [0.5, 0.6) is 0 Å². The summed E-state index contributed by atoms with van der Waals surface area (Å²) in [4.78, 5) is 40.0. The first kappa shape index (κ1) is 20.8. The number of hydrogen-bond donors (Lipinski definition) is 1. The van der Waals surface area contributed by atoms with E-state index in [1.807, 2.05) is 0 Å². The maximum absolute atomic E-state index is 13.0. The number of morpholine rings is 1. The van der Waals surface area contributed by atoms with Gasteiger partial charge < -0.3 is 19.2 Å². The number of ether oxygens (including phenoxy) is 1. The fourth-order valence-corrected chi connectivity index (χ4v) is 3.86. The third kappa shape index (κ3) is 4.07. The molecule has 0 spiro atoms. The molecule has 1 saturated heterocycles. The number of rotatable bonds is 7. The van der Waals surface area contributed by atoms with Crippen LogP contribution in [0.15, 0.2) is 58.4 Å². The molecule has 0 saturated carbocycles. The minimum Gasteiger partial charge on any atom is -0.503 e. The summed E-state index contributed by atoms with van der Waals surface area (Å²) in [6.07, 6.45) is 1.33. The van der Waals surface area contributed by atoms with Gasteiger partial charge >= 0.3 is 0 Å². The van der Waals surface area contributed by atoms with Crippen LogP contribution in [-0.2, 0) is 9.53 Å². The van der Waals surface area contributed by atoms with E-state index in [-0.39, 0.29) is 23.6 Å². The van der Waals surface area contributed by atoms with Gasteiger partial charge in [-0.3, -0.25) is 24.6 Å². The van der Waals surface area contributed by atoms with E-state index in [1.54, 1.807) is 6.07 Å². The van der Waals surface area contributed by atoms with Crippen molar-refractivity contribution in [1.82, 2.24) is 9.80 Å². The van der Waals surface area contributed by atoms with Crippen LogP contribution < -0.4 is 0 Å². The van der Waals surface area contributed by atoms with Crippen LogP contribution >= 0.6 is 0 Å². The average Bonchev–Trinajstić information content (AvgIpc) is 3.41. The number of aliphatic hydroxyl groups excluding tert-OH is 1. The number of benzene rings is 1. The van der Waals surface area contributed by atoms with Gasteiger partial charge in [0.25, 0.3) is 11.6 Å². The normalized spacial score (nSPS) is 19.8. The number of carbonyl (C=O) groups excluding carboxylic acids is 2. The molecular weight excluding hydrogens is 406 g/mol. The fourth-order valence-electron chi connectivity index (χ4n) is 3.86. The first-order valence-corrected chi connectivity index (χ1v) is 9.84. The third-order valence-electron chi connectivity index (χ3n) is 5.47. The highest BCUT2D eigenvalue weighted by Crippen LogP contribution is 2.39. The Morgan fingerprint density at radius 1 is 1.16 bits per heavy atom. The summed E-state index contributed by atoms with van der Waals surface area (Å²) in [7, 11) is 0. The Morgan fingerprint density at radius 2 is 1.87 bits per heavy atom. The standard InChI is InChI=1S/C21H21N3O7/c25-19(16-2-1-11-31-16)17-18(14-3-5-15(6-4-14)24(28)29)23(21(27)20(17)26)8-7-22-9-12-30-13-10-22/h1-6,11,18,26H,7-10,12-13H2/t18-/m1/s1. The fraction of sp³-hybridized carbons (Fsp3) is 0.333. The molecule has 2 aliphatic rings. The van der Waals surface area contributed by atoms with Crippen molar-refractivity contribution in [3.8, 4) is 0 Å². The summed E-state index contributed by atoms with van der Waals surface area (Å²) in [5.74, 6) is -1.90. The molecule has 4 rings (SSSR count). The van der Waals surface area contributed by atoms with E-state index in [0.717, 1.165) is 13.1 Å². The first-order valence-electron chi connectivity index (χ1n) is 9.84. The number of nitro groups is 1. The van der Waals surface area contributed by atoms with Gasteiger partial charge in [-0.1, -0.05) is 0 Å². The predicted octanol–water partition coefficient (Wildman–Crippen LogP) is 2.10. The van der Waals surface area contributed by atoms with Crippen LogP contribution in [0.4, 0.5) is 5.69 Å². The Hall–Kier alpha value is -3.50. The molecule has 0 aliphatic carbocycles. The van der Waals surface area contributed by atoms with Gasteiger partial charge in [-0.15, -0.1) is 0 Å². The smallest absolute Gasteiger partial charge is 0.290 e. The molecule has 1 amide bonds. The third-order valence-corrected chi connectivity index (χ3v) is 5.47. The zero-order valence-corrected chi connectivity index (χ0v) is 16.6. The molecule has 10 heteroatoms. The Morgan fingerprint density at radius 3 is 2.48 bits per heavy atom. The van der Waals surface area contributed by atoms with Crippen LogP contribution in [0, 0.1) is 10.1 Å². The Bertz CT molecular complexity index is 1010. The number of Topliss-reactive ketones (excluding diaryl/α,β-unsaturated/α-hetero) is 1. The van der Waals surface area contributed by atoms with Crippen molar-refractivity contribution < 1.29 is 28.8 Å². The summed E-state index contributed by atoms with van der Waals surface area (Å²) in [5, 5.41) is 21.6. The Kier molecular flexibility index (Phi) is 5.83. The summed E-state index contributed by atoms with van der Waals surface area (Å²) in [5.41, 5.74) is 0.274. The van der Waals surface area contributed by atoms with E-state index in [1.165, 1.54) is 41.5 Å². The van der Waals surface area contributed by atoms with Gasteiger partial charge in [0.2, 0.25) is 5.78 Å². The lowest BCUT2D eigenvalue weighted by Crippen LogP contribution is -2.43. The molecule has 2 aromatic rings. The summed E-state index contributed by atoms with van der Waals surface area (Å²) < 4.78 is 10.5. The molecule has 31 heavy (non-hydrogen) atoms. The predicted molar refractivity (Wildman–Crippen MR) is 108 cm³/mol. The Labute approximate surface area is 177 Å². The monoisotopic (exact) mass is 427 g/mol. The van der Waals surface area contributed by atoms with Gasteiger partial charge in [0.05, 0.1) is 36.0 Å². The van der Waals surface area contributed by atoms with Gasteiger partial charge in [-0.2, -0.15) is 0 Å². The first-order chi connectivity index (χ1) is 15.0. The van der Waals surface area contributed by atoms with E-state index in [4.69, 9.17) is 9.15 Å². The second-order valence-corrected chi connectivity index (χ2v) is 7.27. The second-order valence-electron chi connectivity index (χ2n) is 7.27. The van der Waals surface area contributed by atoms with Crippen molar-refractivity contribution in [2.45, 2.75) is 6.04 Å². The van der Waals surface area contributed by atoms with Crippen molar-refractivity contribution >= 4 is 17.4 Å². The van der Waals surface area contributed by atoms with Gasteiger partial charge in [-0.05, 0) is 29.8 Å². The zero-order valence-electron chi connectivity index (χ0n) is 16.6. The molecule has 162 valence electrons. The van der Waals surface area contributed by atoms with E-state index in [2.05, 4.69) is 4.90 Å². The zero-order chi connectivity index (χ0) is 22.0. The highest BCUT2D eigenvalue weighted by Gasteiger charge is 2.44. The van der Waals surface area contributed by atoms with Gasteiger partial charge in [-0.25, -0.2) is 0 Å². The van der Waals surface area contributed by atoms with Gasteiger partial charge in [0.15, 0.2) is 11.5 Å². The van der Waals surface area contributed by atoms with Gasteiger partial charge in [0.1, 0.15) is 0 Å². The number of amides is 1. The topological polar surface area (TPSA) is 126 Å². The number of carbonyl (C=O) groups is 2. The minimum atomic E-state index is -0.882. The van der Waals surface area contributed by atoms with Crippen LogP contribution in [0.3, 0.4) is 0 Å². The number of aliphatic hydroxyl groups is 1. The quantitative estimate of drug-likeness (QED) is 0.404. The van der Waals surface area contributed by atoms with Crippen molar-refractivity contribution in [3.63, 3.8) is 0 Å². The lowest BCUT2D eigenvalue weighted by Gasteiger charge is -2.31. The largest absolute Gasteiger partial charge is 0.503 e. The van der Waals surface area contributed by atoms with Crippen molar-refractivity contribution in [2.75, 3.05) is 39.4 Å². The molecule has 0 radical (unpaired) electrons. The molecule has 1 atom stereocenters. The molecule has 3 heterocycles. The number of nitro benzene ring substituents is 1.